The molecule has 1 N–H and O–H groups in total. The quantitative estimate of drug-likeness (QED) is 0.754. The molecule has 80 valence electrons. The van der Waals surface area contributed by atoms with Crippen molar-refractivity contribution in [3.05, 3.63) is 29.9 Å². The number of nitrogens with one attached hydrogen (secondary N) is 1. The van der Waals surface area contributed by atoms with Gasteiger partial charge in [0.2, 0.25) is 5.91 Å². The van der Waals surface area contributed by atoms with Crippen molar-refractivity contribution in [2.45, 2.75) is 20.3 Å². The van der Waals surface area contributed by atoms with Gasteiger partial charge in [-0.3, -0.25) is 4.79 Å². The maximum Gasteiger partial charge on any atom is 0.216 e. The molecule has 0 atom stereocenters. The van der Waals surface area contributed by atoms with Crippen LogP contribution >= 0.6 is 0 Å². The summed E-state index contributed by atoms with van der Waals surface area (Å²) >= 11 is 0. The van der Waals surface area contributed by atoms with E-state index < -0.39 is 0 Å². The van der Waals surface area contributed by atoms with Crippen molar-refractivity contribution in [2.75, 3.05) is 6.54 Å². The Morgan fingerprint density at radius 1 is 1.60 bits per heavy atom. The van der Waals surface area contributed by atoms with Crippen molar-refractivity contribution in [3.8, 4) is 0 Å². The van der Waals surface area contributed by atoms with Gasteiger partial charge in [-0.25, -0.2) is 9.97 Å². The average molecular weight is 205 g/mol. The van der Waals surface area contributed by atoms with Crippen molar-refractivity contribution in [1.82, 2.24) is 15.3 Å². The van der Waals surface area contributed by atoms with E-state index in [1.807, 2.05) is 25.1 Å². The fraction of sp³-hybridized carbons (Fsp3) is 0.364. The Balaban J connectivity index is 2.35. The second-order valence-corrected chi connectivity index (χ2v) is 3.23. The molecule has 1 heterocycles. The molecule has 0 saturated heterocycles. The molecule has 15 heavy (non-hydrogen) atoms. The molecule has 1 amide bonds. The highest BCUT2D eigenvalue weighted by Crippen LogP contribution is 1.96. The van der Waals surface area contributed by atoms with Crippen LogP contribution in [0.15, 0.2) is 18.3 Å². The van der Waals surface area contributed by atoms with E-state index in [9.17, 15) is 4.79 Å². The van der Waals surface area contributed by atoms with E-state index in [4.69, 9.17) is 0 Å². The van der Waals surface area contributed by atoms with E-state index in [1.165, 1.54) is 6.92 Å². The van der Waals surface area contributed by atoms with E-state index in [0.29, 0.717) is 12.4 Å². The number of hydrogen-bond donors (Lipinski definition) is 1. The maximum atomic E-state index is 10.6. The zero-order valence-corrected chi connectivity index (χ0v) is 9.03. The van der Waals surface area contributed by atoms with Crippen molar-refractivity contribution < 1.29 is 4.79 Å². The number of aryl methyl sites for hydroxylation is 1. The molecule has 0 unspecified atom stereocenters. The fourth-order valence-electron chi connectivity index (χ4n) is 1.07. The zero-order valence-electron chi connectivity index (χ0n) is 9.03. The minimum absolute atomic E-state index is 0.00444. The zero-order chi connectivity index (χ0) is 11.1. The molecule has 0 fully saturated rings. The molecule has 1 aromatic rings. The first-order valence-electron chi connectivity index (χ1n) is 4.89. The Bertz CT molecular complexity index is 361. The van der Waals surface area contributed by atoms with Gasteiger partial charge in [-0.15, -0.1) is 0 Å². The van der Waals surface area contributed by atoms with Crippen molar-refractivity contribution >= 4 is 12.0 Å². The molecule has 0 aliphatic rings. The van der Waals surface area contributed by atoms with Gasteiger partial charge in [-0.05, 0) is 25.5 Å². The monoisotopic (exact) mass is 205 g/mol. The van der Waals surface area contributed by atoms with Gasteiger partial charge in [0.05, 0.1) is 0 Å². The van der Waals surface area contributed by atoms with E-state index in [2.05, 4.69) is 15.3 Å². The van der Waals surface area contributed by atoms with Gasteiger partial charge in [-0.1, -0.05) is 6.08 Å². The number of rotatable bonds is 4. The molecule has 4 heteroatoms. The fourth-order valence-corrected chi connectivity index (χ4v) is 1.07. The normalized spacial score (nSPS) is 10.5. The molecule has 0 radical (unpaired) electrons. The summed E-state index contributed by atoms with van der Waals surface area (Å²) in [7, 11) is 0. The number of amides is 1. The molecule has 4 nitrogen and oxygen atoms in total. The van der Waals surface area contributed by atoms with Gasteiger partial charge in [0, 0.05) is 25.4 Å². The lowest BCUT2D eigenvalue weighted by molar-refractivity contribution is -0.118. The third-order valence-corrected chi connectivity index (χ3v) is 1.77. The maximum absolute atomic E-state index is 10.6. The number of carbonyl (C=O) groups is 1. The van der Waals surface area contributed by atoms with Crippen molar-refractivity contribution in [2.24, 2.45) is 0 Å². The Morgan fingerprint density at radius 2 is 2.40 bits per heavy atom. The molecule has 0 aromatic carbocycles. The third kappa shape index (κ3) is 4.90. The smallest absolute Gasteiger partial charge is 0.216 e. The Kier molecular flexibility index (Phi) is 4.47. The predicted molar refractivity (Wildman–Crippen MR) is 59.1 cm³/mol. The molecular weight excluding hydrogens is 190 g/mol. The lowest BCUT2D eigenvalue weighted by atomic mass is 10.3. The first-order chi connectivity index (χ1) is 7.18. The second-order valence-electron chi connectivity index (χ2n) is 3.23. The number of hydrogen-bond acceptors (Lipinski definition) is 3. The molecule has 0 bridgehead atoms. The van der Waals surface area contributed by atoms with Gasteiger partial charge in [-0.2, -0.15) is 0 Å². The highest BCUT2D eigenvalue weighted by molar-refractivity contribution is 5.72. The number of aromatic nitrogens is 2. The highest BCUT2D eigenvalue weighted by atomic mass is 16.1. The molecule has 0 aliphatic carbocycles. The summed E-state index contributed by atoms with van der Waals surface area (Å²) in [6.07, 6.45) is 6.33. The predicted octanol–water partition coefficient (Wildman–Crippen LogP) is 1.32. The van der Waals surface area contributed by atoms with Crippen molar-refractivity contribution in [1.29, 1.82) is 0 Å². The van der Waals surface area contributed by atoms with Crippen LogP contribution in [0.4, 0.5) is 0 Å². The summed E-state index contributed by atoms with van der Waals surface area (Å²) in [6.45, 7) is 4.08. The largest absolute Gasteiger partial charge is 0.356 e. The standard InChI is InChI=1S/C11H15N3O/c1-9-6-8-13-11(14-9)5-3-4-7-12-10(2)15/h3,5-6,8H,4,7H2,1-2H3,(H,12,15). The van der Waals surface area contributed by atoms with Crippen LogP contribution in [0, 0.1) is 6.92 Å². The molecule has 0 aliphatic heterocycles. The van der Waals surface area contributed by atoms with Crippen molar-refractivity contribution in [3.63, 3.8) is 0 Å². The average Bonchev–Trinajstić information content (AvgIpc) is 2.17. The molecule has 0 spiro atoms. The summed E-state index contributed by atoms with van der Waals surface area (Å²) in [6, 6.07) is 1.86. The van der Waals surface area contributed by atoms with Gasteiger partial charge in [0.1, 0.15) is 0 Å². The topological polar surface area (TPSA) is 54.9 Å². The Labute approximate surface area is 89.4 Å². The first-order valence-corrected chi connectivity index (χ1v) is 4.89. The highest BCUT2D eigenvalue weighted by Gasteiger charge is 1.90. The van der Waals surface area contributed by atoms with Crippen LogP contribution < -0.4 is 5.32 Å². The molecule has 1 rings (SSSR count). The summed E-state index contributed by atoms with van der Waals surface area (Å²) in [5.74, 6) is 0.702. The lowest BCUT2D eigenvalue weighted by Gasteiger charge is -1.97. The second kappa shape index (κ2) is 5.90. The van der Waals surface area contributed by atoms with Gasteiger partial charge in [0.15, 0.2) is 5.82 Å². The van der Waals surface area contributed by atoms with Crippen LogP contribution in [-0.4, -0.2) is 22.4 Å². The van der Waals surface area contributed by atoms with Crippen LogP contribution in [-0.2, 0) is 4.79 Å². The van der Waals surface area contributed by atoms with Crippen LogP contribution in [0.5, 0.6) is 0 Å². The molecular formula is C11H15N3O. The minimum Gasteiger partial charge on any atom is -0.356 e. The summed E-state index contributed by atoms with van der Waals surface area (Å²) in [5.41, 5.74) is 0.950. The van der Waals surface area contributed by atoms with Crippen LogP contribution in [0.2, 0.25) is 0 Å². The SMILES string of the molecule is CC(=O)NCCC=Cc1nccc(C)n1. The van der Waals surface area contributed by atoms with E-state index in [0.717, 1.165) is 12.1 Å². The van der Waals surface area contributed by atoms with E-state index >= 15 is 0 Å². The van der Waals surface area contributed by atoms with Crippen LogP contribution in [0.1, 0.15) is 24.9 Å². The van der Waals surface area contributed by atoms with E-state index in [-0.39, 0.29) is 5.91 Å². The lowest BCUT2D eigenvalue weighted by Crippen LogP contribution is -2.20. The van der Waals surface area contributed by atoms with E-state index in [1.54, 1.807) is 6.20 Å². The first kappa shape index (κ1) is 11.4. The van der Waals surface area contributed by atoms with Crippen LogP contribution in [0.25, 0.3) is 6.08 Å². The summed E-state index contributed by atoms with van der Waals surface area (Å²) < 4.78 is 0. The molecule has 0 saturated carbocycles. The third-order valence-electron chi connectivity index (χ3n) is 1.77. The van der Waals surface area contributed by atoms with Crippen LogP contribution in [0.3, 0.4) is 0 Å². The summed E-state index contributed by atoms with van der Waals surface area (Å²) in [5, 5.41) is 2.71. The molecule has 1 aromatic heterocycles. The summed E-state index contributed by atoms with van der Waals surface area (Å²) in [4.78, 5) is 18.9. The van der Waals surface area contributed by atoms with Gasteiger partial charge >= 0.3 is 0 Å². The minimum atomic E-state index is -0.00444. The Morgan fingerprint density at radius 3 is 3.07 bits per heavy atom. The Hall–Kier alpha value is -1.71. The van der Waals surface area contributed by atoms with Gasteiger partial charge in [0.25, 0.3) is 0 Å². The van der Waals surface area contributed by atoms with Gasteiger partial charge < -0.3 is 5.32 Å². The number of nitrogens with zero attached hydrogens (tertiary/aromatic N) is 2. The number of carbonyl (C=O) groups excluding carboxylic acids is 1.